The van der Waals surface area contributed by atoms with Gasteiger partial charge in [0.2, 0.25) is 0 Å². The maximum atomic E-state index is 12.7. The lowest BCUT2D eigenvalue weighted by atomic mass is 9.78. The van der Waals surface area contributed by atoms with Crippen molar-refractivity contribution in [3.63, 3.8) is 0 Å². The second-order valence-electron chi connectivity index (χ2n) is 8.24. The largest absolute Gasteiger partial charge is 0.461 e. The molecule has 0 radical (unpaired) electrons. The highest BCUT2D eigenvalue weighted by atomic mass is 35.5. The number of esters is 1. The lowest BCUT2D eigenvalue weighted by Gasteiger charge is -2.32. The summed E-state index contributed by atoms with van der Waals surface area (Å²) in [5.41, 5.74) is 1.88. The molecule has 146 valence electrons. The van der Waals surface area contributed by atoms with Gasteiger partial charge in [0.15, 0.2) is 0 Å². The van der Waals surface area contributed by atoms with Gasteiger partial charge in [-0.2, -0.15) is 0 Å². The van der Waals surface area contributed by atoms with E-state index in [4.69, 9.17) is 27.9 Å². The smallest absolute Gasteiger partial charge is 0.310 e. The molecule has 0 aromatic heterocycles. The van der Waals surface area contributed by atoms with E-state index in [1.807, 2.05) is 19.1 Å². The number of fused-ring (bicyclic) bond motifs is 3. The highest BCUT2D eigenvalue weighted by Crippen LogP contribution is 2.53. The average Bonchev–Trinajstić information content (AvgIpc) is 3.02. The lowest BCUT2D eigenvalue weighted by molar-refractivity contribution is -0.147. The van der Waals surface area contributed by atoms with E-state index >= 15 is 0 Å². The number of benzene rings is 1. The molecule has 2 aliphatic carbocycles. The SMILES string of the molecule is CC1=C2CC[C@@](C)(O)[C@@H]2[C@H]2OC(=O)[C@@H](CSc3ccc(Cl)cc3Cl)[C@@H]2CC1. The van der Waals surface area contributed by atoms with Crippen LogP contribution in [0.15, 0.2) is 34.2 Å². The minimum Gasteiger partial charge on any atom is -0.461 e. The first-order chi connectivity index (χ1) is 12.8. The molecule has 1 heterocycles. The molecule has 1 saturated heterocycles. The molecule has 3 aliphatic rings. The number of halogens is 2. The molecule has 0 spiro atoms. The van der Waals surface area contributed by atoms with Crippen LogP contribution >= 0.6 is 35.0 Å². The lowest BCUT2D eigenvalue weighted by Crippen LogP contribution is -2.41. The Morgan fingerprint density at radius 1 is 1.33 bits per heavy atom. The quantitative estimate of drug-likeness (QED) is 0.392. The molecular formula is C21H24Cl2O3S. The zero-order valence-electron chi connectivity index (χ0n) is 15.5. The molecule has 0 bridgehead atoms. The van der Waals surface area contributed by atoms with Crippen LogP contribution < -0.4 is 0 Å². The van der Waals surface area contributed by atoms with E-state index in [2.05, 4.69) is 6.92 Å². The second kappa shape index (κ2) is 7.29. The van der Waals surface area contributed by atoms with Crippen LogP contribution in [0.2, 0.25) is 10.0 Å². The zero-order valence-corrected chi connectivity index (χ0v) is 17.8. The summed E-state index contributed by atoms with van der Waals surface area (Å²) in [6.07, 6.45) is 3.34. The van der Waals surface area contributed by atoms with Crippen molar-refractivity contribution < 1.29 is 14.6 Å². The Labute approximate surface area is 174 Å². The predicted molar refractivity (Wildman–Crippen MR) is 109 cm³/mol. The van der Waals surface area contributed by atoms with Crippen LogP contribution in [0.5, 0.6) is 0 Å². The Bertz CT molecular complexity index is 805. The molecule has 1 aliphatic heterocycles. The van der Waals surface area contributed by atoms with Crippen LogP contribution in [0, 0.1) is 17.8 Å². The molecule has 1 aromatic rings. The fourth-order valence-electron chi connectivity index (χ4n) is 5.01. The third-order valence-electron chi connectivity index (χ3n) is 6.48. The fraction of sp³-hybridized carbons (Fsp3) is 0.571. The summed E-state index contributed by atoms with van der Waals surface area (Å²) < 4.78 is 5.89. The van der Waals surface area contributed by atoms with Crippen molar-refractivity contribution in [2.45, 2.75) is 56.1 Å². The normalized spacial score (nSPS) is 35.7. The maximum Gasteiger partial charge on any atom is 0.310 e. The summed E-state index contributed by atoms with van der Waals surface area (Å²) in [7, 11) is 0. The van der Waals surface area contributed by atoms with Gasteiger partial charge in [-0.25, -0.2) is 0 Å². The van der Waals surface area contributed by atoms with E-state index in [9.17, 15) is 9.90 Å². The molecule has 1 N–H and O–H groups in total. The van der Waals surface area contributed by atoms with Crippen molar-refractivity contribution in [1.29, 1.82) is 0 Å². The Morgan fingerprint density at radius 2 is 2.11 bits per heavy atom. The number of hydrogen-bond donors (Lipinski definition) is 1. The van der Waals surface area contributed by atoms with Crippen LogP contribution in [0.1, 0.15) is 39.5 Å². The molecule has 0 unspecified atom stereocenters. The predicted octanol–water partition coefficient (Wildman–Crippen LogP) is 5.51. The van der Waals surface area contributed by atoms with Crippen LogP contribution in [-0.4, -0.2) is 28.5 Å². The molecule has 0 amide bonds. The average molecular weight is 427 g/mol. The Kier molecular flexibility index (Phi) is 5.30. The monoisotopic (exact) mass is 426 g/mol. The van der Waals surface area contributed by atoms with E-state index < -0.39 is 5.60 Å². The van der Waals surface area contributed by atoms with Gasteiger partial charge in [-0.3, -0.25) is 4.79 Å². The molecule has 1 aromatic carbocycles. The van der Waals surface area contributed by atoms with Gasteiger partial charge in [-0.1, -0.05) is 34.3 Å². The molecule has 3 nitrogen and oxygen atoms in total. The Hall–Kier alpha value is -0.680. The summed E-state index contributed by atoms with van der Waals surface area (Å²) in [5, 5.41) is 12.2. The van der Waals surface area contributed by atoms with Crippen molar-refractivity contribution in [1.82, 2.24) is 0 Å². The van der Waals surface area contributed by atoms with Crippen LogP contribution in [0.25, 0.3) is 0 Å². The van der Waals surface area contributed by atoms with Gasteiger partial charge >= 0.3 is 5.97 Å². The van der Waals surface area contributed by atoms with Gasteiger partial charge in [0.25, 0.3) is 0 Å². The number of carbonyl (C=O) groups excluding carboxylic acids is 1. The summed E-state index contributed by atoms with van der Waals surface area (Å²) in [4.78, 5) is 13.6. The molecule has 4 rings (SSSR count). The summed E-state index contributed by atoms with van der Waals surface area (Å²) >= 11 is 13.8. The third-order valence-corrected chi connectivity index (χ3v) is 8.33. The molecule has 2 fully saturated rings. The Balaban J connectivity index is 1.56. The number of aliphatic hydroxyl groups is 1. The van der Waals surface area contributed by atoms with Crippen molar-refractivity contribution in [3.8, 4) is 0 Å². The zero-order chi connectivity index (χ0) is 19.3. The molecular weight excluding hydrogens is 403 g/mol. The maximum absolute atomic E-state index is 12.7. The van der Waals surface area contributed by atoms with Crippen LogP contribution in [-0.2, 0) is 9.53 Å². The topological polar surface area (TPSA) is 46.5 Å². The van der Waals surface area contributed by atoms with E-state index in [0.29, 0.717) is 15.8 Å². The summed E-state index contributed by atoms with van der Waals surface area (Å²) in [6.45, 7) is 4.06. The number of carbonyl (C=O) groups is 1. The standard InChI is InChI=1S/C21H24Cl2O3S/c1-11-3-5-14-15(10-27-17-6-4-12(22)9-16(17)23)20(24)26-19(14)18-13(11)7-8-21(18,2)25/h4,6,9,14-15,18-19,25H,3,5,7-8,10H2,1-2H3/t14-,15-,18-,19-,21+/m0/s1. The first-order valence-electron chi connectivity index (χ1n) is 9.47. The Morgan fingerprint density at radius 3 is 2.85 bits per heavy atom. The third kappa shape index (κ3) is 3.55. The van der Waals surface area contributed by atoms with E-state index in [0.717, 1.165) is 30.6 Å². The number of hydrogen-bond acceptors (Lipinski definition) is 4. The van der Waals surface area contributed by atoms with Gasteiger partial charge in [0.1, 0.15) is 6.10 Å². The van der Waals surface area contributed by atoms with E-state index in [1.54, 1.807) is 17.8 Å². The number of thioether (sulfide) groups is 1. The van der Waals surface area contributed by atoms with E-state index in [-0.39, 0.29) is 29.8 Å². The van der Waals surface area contributed by atoms with Crippen molar-refractivity contribution in [3.05, 3.63) is 39.4 Å². The van der Waals surface area contributed by atoms with Crippen LogP contribution in [0.3, 0.4) is 0 Å². The number of ether oxygens (including phenoxy) is 1. The second-order valence-corrected chi connectivity index (χ2v) is 10.1. The molecule has 1 saturated carbocycles. The summed E-state index contributed by atoms with van der Waals surface area (Å²) in [5.74, 6) is 0.394. The van der Waals surface area contributed by atoms with Gasteiger partial charge in [0.05, 0.1) is 16.5 Å². The number of rotatable bonds is 3. The highest BCUT2D eigenvalue weighted by Gasteiger charge is 2.56. The number of allylic oxidation sites excluding steroid dienone is 1. The summed E-state index contributed by atoms with van der Waals surface area (Å²) in [6, 6.07) is 5.43. The molecule has 27 heavy (non-hydrogen) atoms. The van der Waals surface area contributed by atoms with Gasteiger partial charge in [-0.05, 0) is 57.7 Å². The fourth-order valence-corrected chi connectivity index (χ4v) is 6.68. The van der Waals surface area contributed by atoms with Gasteiger partial charge in [-0.15, -0.1) is 11.8 Å². The van der Waals surface area contributed by atoms with Gasteiger partial charge < -0.3 is 9.84 Å². The van der Waals surface area contributed by atoms with Crippen molar-refractivity contribution >= 4 is 40.9 Å². The molecule has 6 heteroatoms. The highest BCUT2D eigenvalue weighted by molar-refractivity contribution is 7.99. The van der Waals surface area contributed by atoms with Crippen molar-refractivity contribution in [2.75, 3.05) is 5.75 Å². The first-order valence-corrected chi connectivity index (χ1v) is 11.2. The minimum absolute atomic E-state index is 0.0666. The van der Waals surface area contributed by atoms with Crippen LogP contribution in [0.4, 0.5) is 0 Å². The van der Waals surface area contributed by atoms with Gasteiger partial charge in [0, 0.05) is 27.5 Å². The molecule has 5 atom stereocenters. The van der Waals surface area contributed by atoms with Crippen molar-refractivity contribution in [2.24, 2.45) is 17.8 Å². The van der Waals surface area contributed by atoms with E-state index in [1.165, 1.54) is 11.1 Å². The first kappa shape index (κ1) is 19.6. The minimum atomic E-state index is -0.800.